The highest BCUT2D eigenvalue weighted by Crippen LogP contribution is 2.39. The van der Waals surface area contributed by atoms with Crippen molar-refractivity contribution in [2.45, 2.75) is 19.3 Å². The van der Waals surface area contributed by atoms with Crippen LogP contribution in [0.2, 0.25) is 10.0 Å². The van der Waals surface area contributed by atoms with E-state index in [4.69, 9.17) is 28.9 Å². The third-order valence-electron chi connectivity index (χ3n) is 3.49. The molecule has 1 aliphatic heterocycles. The fourth-order valence-electron chi connectivity index (χ4n) is 2.54. The van der Waals surface area contributed by atoms with Gasteiger partial charge in [-0.05, 0) is 43.4 Å². The van der Waals surface area contributed by atoms with Gasteiger partial charge in [0.25, 0.3) is 0 Å². The Balaban J connectivity index is 2.36. The lowest BCUT2D eigenvalue weighted by Crippen LogP contribution is -2.19. The van der Waals surface area contributed by atoms with Crippen molar-refractivity contribution >= 4 is 28.9 Å². The van der Waals surface area contributed by atoms with Crippen LogP contribution in [-0.4, -0.2) is 20.1 Å². The van der Waals surface area contributed by atoms with Gasteiger partial charge in [0.1, 0.15) is 0 Å². The number of halogens is 2. The van der Waals surface area contributed by atoms with Gasteiger partial charge >= 0.3 is 0 Å². The van der Waals surface area contributed by atoms with E-state index >= 15 is 0 Å². The standard InChI is InChI=1S/C13H18Cl2N2/c1-17-7-5-9(4-6-16)8-10-2-3-11(14)12(15)13(10)17/h2-3,9H,4-8,16H2,1H3. The molecule has 94 valence electrons. The molecule has 0 aromatic heterocycles. The summed E-state index contributed by atoms with van der Waals surface area (Å²) in [5.41, 5.74) is 8.04. The molecule has 2 nitrogen and oxygen atoms in total. The summed E-state index contributed by atoms with van der Waals surface area (Å²) < 4.78 is 0. The molecule has 1 heterocycles. The highest BCUT2D eigenvalue weighted by Gasteiger charge is 2.22. The molecule has 1 aromatic rings. The predicted molar refractivity (Wildman–Crippen MR) is 75.2 cm³/mol. The second-order valence-corrected chi connectivity index (χ2v) is 5.51. The van der Waals surface area contributed by atoms with Crippen LogP contribution in [0.5, 0.6) is 0 Å². The normalized spacial score (nSPS) is 20.0. The lowest BCUT2D eigenvalue weighted by molar-refractivity contribution is 0.467. The second-order valence-electron chi connectivity index (χ2n) is 4.73. The summed E-state index contributed by atoms with van der Waals surface area (Å²) >= 11 is 12.4. The SMILES string of the molecule is CN1CCC(CCN)Cc2ccc(Cl)c(Cl)c21. The maximum atomic E-state index is 6.31. The van der Waals surface area contributed by atoms with Crippen LogP contribution in [0.15, 0.2) is 12.1 Å². The first-order valence-electron chi connectivity index (χ1n) is 6.01. The van der Waals surface area contributed by atoms with Gasteiger partial charge in [0.15, 0.2) is 0 Å². The average Bonchev–Trinajstić information content (AvgIpc) is 2.45. The van der Waals surface area contributed by atoms with E-state index in [1.54, 1.807) is 0 Å². The monoisotopic (exact) mass is 272 g/mol. The zero-order valence-corrected chi connectivity index (χ0v) is 11.6. The summed E-state index contributed by atoms with van der Waals surface area (Å²) in [5, 5.41) is 1.31. The van der Waals surface area contributed by atoms with Crippen molar-refractivity contribution in [3.8, 4) is 0 Å². The molecule has 2 rings (SSSR count). The van der Waals surface area contributed by atoms with Gasteiger partial charge in [-0.3, -0.25) is 0 Å². The Morgan fingerprint density at radius 1 is 1.41 bits per heavy atom. The maximum Gasteiger partial charge on any atom is 0.0828 e. The highest BCUT2D eigenvalue weighted by molar-refractivity contribution is 6.43. The van der Waals surface area contributed by atoms with Crippen molar-refractivity contribution in [3.63, 3.8) is 0 Å². The lowest BCUT2D eigenvalue weighted by atomic mass is 9.94. The minimum Gasteiger partial charge on any atom is -0.373 e. The predicted octanol–water partition coefficient (Wildman–Crippen LogP) is 3.34. The maximum absolute atomic E-state index is 6.31. The van der Waals surface area contributed by atoms with Crippen molar-refractivity contribution in [2.24, 2.45) is 11.7 Å². The van der Waals surface area contributed by atoms with Gasteiger partial charge in [0.2, 0.25) is 0 Å². The minimum atomic E-state index is 0.634. The number of hydrogen-bond donors (Lipinski definition) is 1. The minimum absolute atomic E-state index is 0.634. The molecule has 0 radical (unpaired) electrons. The lowest BCUT2D eigenvalue weighted by Gasteiger charge is -2.21. The summed E-state index contributed by atoms with van der Waals surface area (Å²) in [6.45, 7) is 1.77. The van der Waals surface area contributed by atoms with E-state index in [0.717, 1.165) is 38.0 Å². The first-order valence-corrected chi connectivity index (χ1v) is 6.77. The van der Waals surface area contributed by atoms with Gasteiger partial charge < -0.3 is 10.6 Å². The number of anilines is 1. The fraction of sp³-hybridized carbons (Fsp3) is 0.538. The van der Waals surface area contributed by atoms with Gasteiger partial charge in [-0.1, -0.05) is 29.3 Å². The topological polar surface area (TPSA) is 29.3 Å². The third-order valence-corrected chi connectivity index (χ3v) is 4.28. The fourth-order valence-corrected chi connectivity index (χ4v) is 3.02. The van der Waals surface area contributed by atoms with Crippen molar-refractivity contribution in [1.29, 1.82) is 0 Å². The summed E-state index contributed by atoms with van der Waals surface area (Å²) in [7, 11) is 2.08. The molecule has 0 bridgehead atoms. The van der Waals surface area contributed by atoms with Gasteiger partial charge in [-0.25, -0.2) is 0 Å². The molecule has 0 amide bonds. The van der Waals surface area contributed by atoms with E-state index < -0.39 is 0 Å². The van der Waals surface area contributed by atoms with Crippen LogP contribution in [0.25, 0.3) is 0 Å². The Hall–Kier alpha value is -0.440. The number of fused-ring (bicyclic) bond motifs is 1. The van der Waals surface area contributed by atoms with Crippen LogP contribution >= 0.6 is 23.2 Å². The quantitative estimate of drug-likeness (QED) is 0.895. The van der Waals surface area contributed by atoms with Gasteiger partial charge in [0, 0.05) is 13.6 Å². The van der Waals surface area contributed by atoms with E-state index in [2.05, 4.69) is 18.0 Å². The third kappa shape index (κ3) is 2.70. The molecular formula is C13H18Cl2N2. The van der Waals surface area contributed by atoms with Crippen LogP contribution in [0.3, 0.4) is 0 Å². The zero-order valence-electron chi connectivity index (χ0n) is 10.0. The Kier molecular flexibility index (Phi) is 4.18. The number of nitrogens with zero attached hydrogens (tertiary/aromatic N) is 1. The summed E-state index contributed by atoms with van der Waals surface area (Å²) in [6, 6.07) is 3.98. The number of benzene rings is 1. The molecule has 0 fully saturated rings. The second kappa shape index (κ2) is 5.47. The molecule has 1 atom stereocenters. The van der Waals surface area contributed by atoms with Crippen molar-refractivity contribution in [3.05, 3.63) is 27.7 Å². The van der Waals surface area contributed by atoms with E-state index in [0.29, 0.717) is 16.0 Å². The number of rotatable bonds is 2. The van der Waals surface area contributed by atoms with Crippen LogP contribution in [0, 0.1) is 5.92 Å². The molecule has 4 heteroatoms. The van der Waals surface area contributed by atoms with Crippen molar-refractivity contribution in [2.75, 3.05) is 25.0 Å². The first-order chi connectivity index (χ1) is 8.13. The van der Waals surface area contributed by atoms with Crippen LogP contribution in [-0.2, 0) is 6.42 Å². The number of nitrogens with two attached hydrogens (primary N) is 1. The summed E-state index contributed by atoms with van der Waals surface area (Å²) in [4.78, 5) is 2.21. The van der Waals surface area contributed by atoms with Crippen molar-refractivity contribution < 1.29 is 0 Å². The van der Waals surface area contributed by atoms with E-state index in [-0.39, 0.29) is 0 Å². The molecule has 17 heavy (non-hydrogen) atoms. The Labute approximate surface area is 113 Å². The molecule has 1 aromatic carbocycles. The molecule has 0 saturated carbocycles. The molecule has 2 N–H and O–H groups in total. The Morgan fingerprint density at radius 3 is 2.88 bits per heavy atom. The Bertz CT molecular complexity index is 407. The molecule has 0 saturated heterocycles. The number of hydrogen-bond acceptors (Lipinski definition) is 2. The van der Waals surface area contributed by atoms with Crippen LogP contribution < -0.4 is 10.6 Å². The average molecular weight is 273 g/mol. The van der Waals surface area contributed by atoms with Crippen molar-refractivity contribution in [1.82, 2.24) is 0 Å². The van der Waals surface area contributed by atoms with Gasteiger partial charge in [-0.15, -0.1) is 0 Å². The Morgan fingerprint density at radius 2 is 2.18 bits per heavy atom. The van der Waals surface area contributed by atoms with E-state index in [9.17, 15) is 0 Å². The first kappa shape index (κ1) is 13.0. The van der Waals surface area contributed by atoms with Crippen LogP contribution in [0.4, 0.5) is 5.69 Å². The zero-order chi connectivity index (χ0) is 12.4. The smallest absolute Gasteiger partial charge is 0.0828 e. The van der Waals surface area contributed by atoms with E-state index in [1.165, 1.54) is 5.56 Å². The molecule has 0 aliphatic carbocycles. The molecule has 1 aliphatic rings. The van der Waals surface area contributed by atoms with Gasteiger partial charge in [-0.2, -0.15) is 0 Å². The summed E-state index contributed by atoms with van der Waals surface area (Å²) in [6.07, 6.45) is 3.29. The molecule has 0 spiro atoms. The van der Waals surface area contributed by atoms with Crippen LogP contribution in [0.1, 0.15) is 18.4 Å². The van der Waals surface area contributed by atoms with E-state index in [1.807, 2.05) is 6.07 Å². The summed E-state index contributed by atoms with van der Waals surface area (Å²) in [5.74, 6) is 0.654. The van der Waals surface area contributed by atoms with Gasteiger partial charge in [0.05, 0.1) is 15.7 Å². The highest BCUT2D eigenvalue weighted by atomic mass is 35.5. The molecule has 1 unspecified atom stereocenters. The molecular weight excluding hydrogens is 255 g/mol. The largest absolute Gasteiger partial charge is 0.373 e.